The van der Waals surface area contributed by atoms with Gasteiger partial charge in [-0.2, -0.15) is 0 Å². The number of nitrogens with one attached hydrogen (secondary N) is 1. The number of hydrogen-bond acceptors (Lipinski definition) is 3. The van der Waals surface area contributed by atoms with E-state index in [0.717, 1.165) is 6.54 Å². The molecule has 3 nitrogen and oxygen atoms in total. The number of piperidine rings is 1. The Bertz CT molecular complexity index is 439. The van der Waals surface area contributed by atoms with Crippen molar-refractivity contribution in [1.29, 1.82) is 0 Å². The molecule has 1 aromatic carbocycles. The molecule has 116 valence electrons. The molecule has 21 heavy (non-hydrogen) atoms. The molecule has 0 saturated carbocycles. The van der Waals surface area contributed by atoms with E-state index < -0.39 is 0 Å². The second-order valence-electron chi connectivity index (χ2n) is 7.00. The van der Waals surface area contributed by atoms with Gasteiger partial charge in [0.25, 0.3) is 0 Å². The molecular formula is C18H29N3. The van der Waals surface area contributed by atoms with Crippen LogP contribution >= 0.6 is 0 Å². The summed E-state index contributed by atoms with van der Waals surface area (Å²) in [6.07, 6.45) is 2.58. The fourth-order valence-electron chi connectivity index (χ4n) is 3.82. The Labute approximate surface area is 129 Å². The van der Waals surface area contributed by atoms with E-state index in [4.69, 9.17) is 0 Å². The molecule has 2 saturated heterocycles. The molecule has 2 heterocycles. The van der Waals surface area contributed by atoms with Gasteiger partial charge in [0, 0.05) is 37.8 Å². The van der Waals surface area contributed by atoms with E-state index in [-0.39, 0.29) is 0 Å². The van der Waals surface area contributed by atoms with Crippen molar-refractivity contribution >= 4 is 0 Å². The quantitative estimate of drug-likeness (QED) is 0.920. The summed E-state index contributed by atoms with van der Waals surface area (Å²) in [6, 6.07) is 11.5. The molecule has 1 aromatic rings. The van der Waals surface area contributed by atoms with Crippen molar-refractivity contribution in [2.45, 2.75) is 44.8 Å². The minimum Gasteiger partial charge on any atom is -0.317 e. The van der Waals surface area contributed by atoms with E-state index in [1.165, 1.54) is 51.1 Å². The first-order valence-corrected chi connectivity index (χ1v) is 8.41. The fraction of sp³-hybridized carbons (Fsp3) is 0.667. The smallest absolute Gasteiger partial charge is 0.0237 e. The van der Waals surface area contributed by atoms with Crippen LogP contribution in [0, 0.1) is 0 Å². The van der Waals surface area contributed by atoms with Crippen LogP contribution in [-0.2, 0) is 6.54 Å². The highest BCUT2D eigenvalue weighted by Crippen LogP contribution is 2.28. The summed E-state index contributed by atoms with van der Waals surface area (Å²) in [4.78, 5) is 5.39. The summed E-state index contributed by atoms with van der Waals surface area (Å²) in [5.74, 6) is 0. The molecule has 0 aromatic heterocycles. The molecule has 0 amide bonds. The predicted molar refractivity (Wildman–Crippen MR) is 88.4 cm³/mol. The van der Waals surface area contributed by atoms with Crippen LogP contribution in [0.5, 0.6) is 0 Å². The average molecular weight is 287 g/mol. The van der Waals surface area contributed by atoms with Gasteiger partial charge in [-0.1, -0.05) is 30.3 Å². The number of rotatable bonds is 3. The van der Waals surface area contributed by atoms with E-state index in [1.807, 2.05) is 0 Å². The maximum absolute atomic E-state index is 3.49. The highest BCUT2D eigenvalue weighted by molar-refractivity contribution is 5.14. The summed E-state index contributed by atoms with van der Waals surface area (Å²) < 4.78 is 0. The molecule has 1 N–H and O–H groups in total. The highest BCUT2D eigenvalue weighted by Gasteiger charge is 2.37. The molecule has 1 unspecified atom stereocenters. The lowest BCUT2D eigenvalue weighted by Gasteiger charge is -2.50. The van der Waals surface area contributed by atoms with Crippen LogP contribution < -0.4 is 5.32 Å². The van der Waals surface area contributed by atoms with Crippen LogP contribution in [0.15, 0.2) is 30.3 Å². The molecule has 0 aliphatic carbocycles. The first-order valence-electron chi connectivity index (χ1n) is 8.41. The molecule has 1 atom stereocenters. The van der Waals surface area contributed by atoms with Crippen molar-refractivity contribution in [1.82, 2.24) is 15.1 Å². The maximum atomic E-state index is 3.49. The number of hydrogen-bond donors (Lipinski definition) is 1. The third kappa shape index (κ3) is 3.47. The molecule has 0 bridgehead atoms. The van der Waals surface area contributed by atoms with E-state index in [2.05, 4.69) is 59.3 Å². The van der Waals surface area contributed by atoms with Gasteiger partial charge in [-0.15, -0.1) is 0 Å². The highest BCUT2D eigenvalue weighted by atomic mass is 15.3. The standard InChI is InChI=1S/C18H29N3/c1-16-14-21(18(2)8-10-19-11-9-18)13-12-20(16)15-17-6-4-3-5-7-17/h3-7,16,19H,8-15H2,1-2H3. The summed E-state index contributed by atoms with van der Waals surface area (Å²) in [6.45, 7) is 11.9. The Hall–Kier alpha value is -0.900. The van der Waals surface area contributed by atoms with Gasteiger partial charge in [0.2, 0.25) is 0 Å². The average Bonchev–Trinajstić information content (AvgIpc) is 2.51. The second kappa shape index (κ2) is 6.47. The SMILES string of the molecule is CC1CN(C2(C)CCNCC2)CCN1Cc1ccccc1. The lowest BCUT2D eigenvalue weighted by molar-refractivity contribution is -0.00492. The van der Waals surface area contributed by atoms with Gasteiger partial charge < -0.3 is 5.32 Å². The summed E-state index contributed by atoms with van der Waals surface area (Å²) >= 11 is 0. The molecule has 3 rings (SSSR count). The van der Waals surface area contributed by atoms with Crippen molar-refractivity contribution < 1.29 is 0 Å². The number of piperazine rings is 1. The van der Waals surface area contributed by atoms with E-state index in [1.54, 1.807) is 0 Å². The Morgan fingerprint density at radius 1 is 1.14 bits per heavy atom. The fourth-order valence-corrected chi connectivity index (χ4v) is 3.82. The molecule has 0 radical (unpaired) electrons. The third-order valence-corrected chi connectivity index (χ3v) is 5.44. The third-order valence-electron chi connectivity index (χ3n) is 5.44. The van der Waals surface area contributed by atoms with Crippen LogP contribution in [0.2, 0.25) is 0 Å². The van der Waals surface area contributed by atoms with Crippen LogP contribution in [0.1, 0.15) is 32.3 Å². The van der Waals surface area contributed by atoms with Crippen LogP contribution in [0.25, 0.3) is 0 Å². The van der Waals surface area contributed by atoms with Crippen molar-refractivity contribution in [2.75, 3.05) is 32.7 Å². The van der Waals surface area contributed by atoms with Crippen LogP contribution in [0.3, 0.4) is 0 Å². The zero-order chi connectivity index (χ0) is 14.7. The van der Waals surface area contributed by atoms with Crippen LogP contribution in [0.4, 0.5) is 0 Å². The Kier molecular flexibility index (Phi) is 4.63. The van der Waals surface area contributed by atoms with Gasteiger partial charge in [0.15, 0.2) is 0 Å². The molecule has 0 spiro atoms. The molecular weight excluding hydrogens is 258 g/mol. The predicted octanol–water partition coefficient (Wildman–Crippen LogP) is 2.33. The largest absolute Gasteiger partial charge is 0.317 e. The van der Waals surface area contributed by atoms with Gasteiger partial charge in [0.05, 0.1) is 0 Å². The van der Waals surface area contributed by atoms with E-state index >= 15 is 0 Å². The summed E-state index contributed by atoms with van der Waals surface area (Å²) in [5, 5.41) is 3.49. The first-order chi connectivity index (χ1) is 10.2. The Morgan fingerprint density at radius 2 is 1.86 bits per heavy atom. The Morgan fingerprint density at radius 3 is 2.52 bits per heavy atom. The number of benzene rings is 1. The van der Waals surface area contributed by atoms with Gasteiger partial charge in [-0.3, -0.25) is 9.80 Å². The minimum absolute atomic E-state index is 0.415. The van der Waals surface area contributed by atoms with E-state index in [9.17, 15) is 0 Å². The lowest BCUT2D eigenvalue weighted by Crippen LogP contribution is -2.61. The normalized spacial score (nSPS) is 27.6. The monoisotopic (exact) mass is 287 g/mol. The van der Waals surface area contributed by atoms with Crippen molar-refractivity contribution in [2.24, 2.45) is 0 Å². The van der Waals surface area contributed by atoms with E-state index in [0.29, 0.717) is 11.6 Å². The zero-order valence-corrected chi connectivity index (χ0v) is 13.5. The molecule has 2 aliphatic rings. The van der Waals surface area contributed by atoms with Gasteiger partial charge in [-0.05, 0) is 45.3 Å². The first kappa shape index (κ1) is 15.0. The van der Waals surface area contributed by atoms with Crippen molar-refractivity contribution in [3.63, 3.8) is 0 Å². The van der Waals surface area contributed by atoms with Crippen molar-refractivity contribution in [3.8, 4) is 0 Å². The lowest BCUT2D eigenvalue weighted by atomic mass is 9.87. The minimum atomic E-state index is 0.415. The molecule has 2 aliphatic heterocycles. The summed E-state index contributed by atoms with van der Waals surface area (Å²) in [7, 11) is 0. The molecule has 2 fully saturated rings. The van der Waals surface area contributed by atoms with Crippen LogP contribution in [-0.4, -0.2) is 54.1 Å². The van der Waals surface area contributed by atoms with Gasteiger partial charge in [-0.25, -0.2) is 0 Å². The van der Waals surface area contributed by atoms with Gasteiger partial charge >= 0.3 is 0 Å². The molecule has 3 heteroatoms. The maximum Gasteiger partial charge on any atom is 0.0237 e. The Balaban J connectivity index is 1.59. The van der Waals surface area contributed by atoms with Crippen molar-refractivity contribution in [3.05, 3.63) is 35.9 Å². The summed E-state index contributed by atoms with van der Waals surface area (Å²) in [5.41, 5.74) is 1.85. The topological polar surface area (TPSA) is 18.5 Å². The number of nitrogens with zero attached hydrogens (tertiary/aromatic N) is 2. The zero-order valence-electron chi connectivity index (χ0n) is 13.5. The van der Waals surface area contributed by atoms with Gasteiger partial charge in [0.1, 0.15) is 0 Å². The second-order valence-corrected chi connectivity index (χ2v) is 7.00.